The second-order valence-electron chi connectivity index (χ2n) is 5.36. The molecule has 1 atom stereocenters. The van der Waals surface area contributed by atoms with Crippen LogP contribution in [0.1, 0.15) is 25.3 Å². The summed E-state index contributed by atoms with van der Waals surface area (Å²) in [6.45, 7) is 1.84. The van der Waals surface area contributed by atoms with Crippen molar-refractivity contribution in [1.82, 2.24) is 0 Å². The molecule has 1 aliphatic rings. The van der Waals surface area contributed by atoms with Crippen LogP contribution in [0.2, 0.25) is 0 Å². The van der Waals surface area contributed by atoms with Crippen LogP contribution in [0.25, 0.3) is 0 Å². The van der Waals surface area contributed by atoms with Crippen LogP contribution in [-0.2, 0) is 11.2 Å². The van der Waals surface area contributed by atoms with Gasteiger partial charge in [0.15, 0.2) is 11.5 Å². The molecule has 4 nitrogen and oxygen atoms in total. The predicted molar refractivity (Wildman–Crippen MR) is 71.7 cm³/mol. The molecular formula is C15H20O4. The summed E-state index contributed by atoms with van der Waals surface area (Å²) in [7, 11) is 3.17. The second kappa shape index (κ2) is 5.11. The molecule has 19 heavy (non-hydrogen) atoms. The highest BCUT2D eigenvalue weighted by atomic mass is 16.5. The molecule has 1 aromatic rings. The number of aliphatic carboxylic acids is 1. The van der Waals surface area contributed by atoms with E-state index >= 15 is 0 Å². The van der Waals surface area contributed by atoms with Crippen LogP contribution in [-0.4, -0.2) is 25.3 Å². The zero-order valence-corrected chi connectivity index (χ0v) is 11.6. The normalized spacial score (nSPS) is 17.6. The molecule has 0 radical (unpaired) electrons. The topological polar surface area (TPSA) is 55.8 Å². The van der Waals surface area contributed by atoms with E-state index in [9.17, 15) is 9.90 Å². The number of carboxylic acid groups (broad SMARTS) is 1. The molecule has 1 aliphatic carbocycles. The number of rotatable bonds is 6. The minimum Gasteiger partial charge on any atom is -0.493 e. The van der Waals surface area contributed by atoms with Gasteiger partial charge in [-0.05, 0) is 49.8 Å². The van der Waals surface area contributed by atoms with E-state index in [0.29, 0.717) is 17.9 Å². The summed E-state index contributed by atoms with van der Waals surface area (Å²) in [5, 5.41) is 9.48. The minimum absolute atomic E-state index is 0.290. The average Bonchev–Trinajstić information content (AvgIpc) is 3.22. The first-order valence-electron chi connectivity index (χ1n) is 6.45. The number of carboxylic acids is 1. The molecule has 104 valence electrons. The Kier molecular flexibility index (Phi) is 3.69. The van der Waals surface area contributed by atoms with E-state index in [1.807, 2.05) is 25.1 Å². The summed E-state index contributed by atoms with van der Waals surface area (Å²) >= 11 is 0. The molecule has 2 rings (SSSR count). The van der Waals surface area contributed by atoms with Crippen LogP contribution in [0, 0.1) is 11.3 Å². The van der Waals surface area contributed by atoms with Gasteiger partial charge in [0.05, 0.1) is 19.6 Å². The van der Waals surface area contributed by atoms with Crippen molar-refractivity contribution in [3.05, 3.63) is 23.8 Å². The minimum atomic E-state index is -0.718. The van der Waals surface area contributed by atoms with Gasteiger partial charge in [-0.3, -0.25) is 4.79 Å². The monoisotopic (exact) mass is 264 g/mol. The average molecular weight is 264 g/mol. The molecule has 4 heteroatoms. The van der Waals surface area contributed by atoms with Gasteiger partial charge in [0.25, 0.3) is 0 Å². The molecule has 0 saturated heterocycles. The molecule has 0 aliphatic heterocycles. The molecule has 1 N–H and O–H groups in total. The lowest BCUT2D eigenvalue weighted by Crippen LogP contribution is -2.32. The Hall–Kier alpha value is -1.71. The van der Waals surface area contributed by atoms with Gasteiger partial charge < -0.3 is 14.6 Å². The number of hydrogen-bond donors (Lipinski definition) is 1. The van der Waals surface area contributed by atoms with Crippen LogP contribution >= 0.6 is 0 Å². The molecule has 0 spiro atoms. The highest BCUT2D eigenvalue weighted by Gasteiger charge is 2.47. The molecule has 0 bridgehead atoms. The Bertz CT molecular complexity index is 479. The Morgan fingerprint density at radius 1 is 1.32 bits per heavy atom. The first kappa shape index (κ1) is 13.7. The third-order valence-electron chi connectivity index (χ3n) is 3.99. The van der Waals surface area contributed by atoms with Crippen LogP contribution in [0.4, 0.5) is 0 Å². The number of ether oxygens (including phenoxy) is 2. The Balaban J connectivity index is 2.24. The van der Waals surface area contributed by atoms with Crippen molar-refractivity contribution in [3.8, 4) is 11.5 Å². The highest BCUT2D eigenvalue weighted by Crippen LogP contribution is 2.48. The Morgan fingerprint density at radius 2 is 1.95 bits per heavy atom. The summed E-state index contributed by atoms with van der Waals surface area (Å²) in [6.07, 6.45) is 2.54. The Labute approximate surface area is 113 Å². The lowest BCUT2D eigenvalue weighted by molar-refractivity contribution is -0.149. The quantitative estimate of drug-likeness (QED) is 0.858. The van der Waals surface area contributed by atoms with Crippen molar-refractivity contribution >= 4 is 5.97 Å². The number of carbonyl (C=O) groups is 1. The van der Waals surface area contributed by atoms with Gasteiger partial charge in [0, 0.05) is 0 Å². The third-order valence-corrected chi connectivity index (χ3v) is 3.99. The van der Waals surface area contributed by atoms with E-state index in [0.717, 1.165) is 18.4 Å². The third kappa shape index (κ3) is 2.67. The van der Waals surface area contributed by atoms with Gasteiger partial charge in [0.1, 0.15) is 0 Å². The van der Waals surface area contributed by atoms with Crippen LogP contribution in [0.5, 0.6) is 11.5 Å². The van der Waals surface area contributed by atoms with Crippen LogP contribution < -0.4 is 9.47 Å². The molecule has 1 saturated carbocycles. The van der Waals surface area contributed by atoms with Crippen molar-refractivity contribution < 1.29 is 19.4 Å². The molecule has 0 heterocycles. The maximum Gasteiger partial charge on any atom is 0.309 e. The number of hydrogen-bond acceptors (Lipinski definition) is 3. The summed E-state index contributed by atoms with van der Waals surface area (Å²) in [6, 6.07) is 5.59. The van der Waals surface area contributed by atoms with Gasteiger partial charge in [0.2, 0.25) is 0 Å². The summed E-state index contributed by atoms with van der Waals surface area (Å²) in [5.74, 6) is 0.876. The van der Waals surface area contributed by atoms with E-state index in [4.69, 9.17) is 9.47 Å². The van der Waals surface area contributed by atoms with Crippen molar-refractivity contribution in [3.63, 3.8) is 0 Å². The molecule has 1 unspecified atom stereocenters. The van der Waals surface area contributed by atoms with Crippen molar-refractivity contribution in [2.45, 2.75) is 26.2 Å². The first-order chi connectivity index (χ1) is 9.01. The van der Waals surface area contributed by atoms with E-state index in [2.05, 4.69) is 0 Å². The maximum absolute atomic E-state index is 11.5. The zero-order chi connectivity index (χ0) is 14.0. The van der Waals surface area contributed by atoms with Crippen molar-refractivity contribution in [2.24, 2.45) is 11.3 Å². The van der Waals surface area contributed by atoms with E-state index < -0.39 is 11.4 Å². The number of benzene rings is 1. The van der Waals surface area contributed by atoms with Gasteiger partial charge in [-0.15, -0.1) is 0 Å². The fourth-order valence-electron chi connectivity index (χ4n) is 2.53. The molecule has 0 amide bonds. The second-order valence-corrected chi connectivity index (χ2v) is 5.36. The van der Waals surface area contributed by atoms with Gasteiger partial charge >= 0.3 is 5.97 Å². The van der Waals surface area contributed by atoms with E-state index in [1.54, 1.807) is 14.2 Å². The maximum atomic E-state index is 11.5. The largest absolute Gasteiger partial charge is 0.493 e. The first-order valence-corrected chi connectivity index (χ1v) is 6.45. The standard InChI is InChI=1S/C15H20O4/c1-15(14(16)17,11-5-6-11)9-10-4-7-12(18-2)13(8-10)19-3/h4,7-8,11H,5-6,9H2,1-3H3,(H,16,17). The van der Waals surface area contributed by atoms with Gasteiger partial charge in [-0.2, -0.15) is 0 Å². The highest BCUT2D eigenvalue weighted by molar-refractivity contribution is 5.75. The lowest BCUT2D eigenvalue weighted by atomic mass is 9.79. The van der Waals surface area contributed by atoms with Gasteiger partial charge in [-0.25, -0.2) is 0 Å². The van der Waals surface area contributed by atoms with Crippen molar-refractivity contribution in [1.29, 1.82) is 0 Å². The van der Waals surface area contributed by atoms with Crippen molar-refractivity contribution in [2.75, 3.05) is 14.2 Å². The predicted octanol–water partition coefficient (Wildman–Crippen LogP) is 2.75. The zero-order valence-electron chi connectivity index (χ0n) is 11.6. The van der Waals surface area contributed by atoms with E-state index in [-0.39, 0.29) is 5.92 Å². The summed E-state index contributed by atoms with van der Waals surface area (Å²) in [5.41, 5.74) is 0.286. The molecule has 1 aromatic carbocycles. The van der Waals surface area contributed by atoms with Crippen LogP contribution in [0.3, 0.4) is 0 Å². The fourth-order valence-corrected chi connectivity index (χ4v) is 2.53. The van der Waals surface area contributed by atoms with Crippen LogP contribution in [0.15, 0.2) is 18.2 Å². The molecule has 0 aromatic heterocycles. The SMILES string of the molecule is COc1ccc(CC(C)(C(=O)O)C2CC2)cc1OC. The molecule has 1 fully saturated rings. The van der Waals surface area contributed by atoms with Gasteiger partial charge in [-0.1, -0.05) is 6.07 Å². The Morgan fingerprint density at radius 3 is 2.42 bits per heavy atom. The summed E-state index contributed by atoms with van der Waals surface area (Å²) in [4.78, 5) is 11.5. The lowest BCUT2D eigenvalue weighted by Gasteiger charge is -2.25. The smallest absolute Gasteiger partial charge is 0.309 e. The number of methoxy groups -OCH3 is 2. The van der Waals surface area contributed by atoms with E-state index in [1.165, 1.54) is 0 Å². The molecular weight excluding hydrogens is 244 g/mol. The summed E-state index contributed by atoms with van der Waals surface area (Å²) < 4.78 is 10.4. The fraction of sp³-hybridized carbons (Fsp3) is 0.533.